The average molecular weight is 312 g/mol. The summed E-state index contributed by atoms with van der Waals surface area (Å²) in [5, 5.41) is 9.38. The predicted octanol–water partition coefficient (Wildman–Crippen LogP) is 1.01. The van der Waals surface area contributed by atoms with Gasteiger partial charge in [0.25, 0.3) is 0 Å². The van der Waals surface area contributed by atoms with Crippen LogP contribution in [0.4, 0.5) is 0 Å². The monoisotopic (exact) mass is 312 g/mol. The van der Waals surface area contributed by atoms with E-state index in [1.165, 1.54) is 0 Å². The van der Waals surface area contributed by atoms with E-state index in [9.17, 15) is 9.90 Å². The molecule has 0 aliphatic carbocycles. The molecule has 1 aliphatic heterocycles. The number of carbonyl (C=O) groups excluding carboxylic acids is 1. The van der Waals surface area contributed by atoms with Crippen molar-refractivity contribution < 1.29 is 19.4 Å². The van der Waals surface area contributed by atoms with Crippen molar-refractivity contribution in [1.29, 1.82) is 0 Å². The van der Waals surface area contributed by atoms with Crippen LogP contribution in [0.3, 0.4) is 0 Å². The van der Waals surface area contributed by atoms with E-state index in [1.54, 1.807) is 13.8 Å². The van der Waals surface area contributed by atoms with Crippen LogP contribution >= 0.6 is 22.6 Å². The maximum Gasteiger partial charge on any atom is 0.336 e. The summed E-state index contributed by atoms with van der Waals surface area (Å²) in [6, 6.07) is 0. The number of alkyl halides is 1. The van der Waals surface area contributed by atoms with Crippen LogP contribution in [0.25, 0.3) is 0 Å². The summed E-state index contributed by atoms with van der Waals surface area (Å²) in [6.45, 7) is 6.97. The Kier molecular flexibility index (Phi) is 3.91. The minimum Gasteiger partial charge on any atom is -0.459 e. The molecular weight excluding hydrogens is 299 g/mol. The normalized spacial score (nSPS) is 34.0. The second kappa shape index (κ2) is 4.59. The molecule has 0 saturated carbocycles. The van der Waals surface area contributed by atoms with Crippen LogP contribution < -0.4 is 0 Å². The smallest absolute Gasteiger partial charge is 0.336 e. The van der Waals surface area contributed by atoms with Gasteiger partial charge in [-0.1, -0.05) is 29.2 Å². The van der Waals surface area contributed by atoms with Gasteiger partial charge in [0, 0.05) is 0 Å². The standard InChI is InChI=1S/C9H13IO4/c1-4(2)8(11)14-7-6(10)5(3)13-9(7)12/h5-8,11H,1H2,2-3H3. The van der Waals surface area contributed by atoms with Gasteiger partial charge in [-0.25, -0.2) is 4.79 Å². The summed E-state index contributed by atoms with van der Waals surface area (Å²) in [4.78, 5) is 11.3. The van der Waals surface area contributed by atoms with Crippen LogP contribution in [0.2, 0.25) is 0 Å². The van der Waals surface area contributed by atoms with Gasteiger partial charge in [0.05, 0.1) is 3.92 Å². The number of esters is 1. The van der Waals surface area contributed by atoms with E-state index in [-0.39, 0.29) is 10.0 Å². The molecule has 80 valence electrons. The fraction of sp³-hybridized carbons (Fsp3) is 0.667. The molecule has 0 aromatic carbocycles. The molecule has 4 nitrogen and oxygen atoms in total. The number of aliphatic hydroxyl groups excluding tert-OH is 1. The highest BCUT2D eigenvalue weighted by Gasteiger charge is 2.42. The second-order valence-corrected chi connectivity index (χ2v) is 4.78. The van der Waals surface area contributed by atoms with Gasteiger partial charge in [0.1, 0.15) is 6.10 Å². The van der Waals surface area contributed by atoms with Crippen LogP contribution in [-0.4, -0.2) is 33.5 Å². The van der Waals surface area contributed by atoms with Crippen LogP contribution in [0.15, 0.2) is 12.2 Å². The van der Waals surface area contributed by atoms with Gasteiger partial charge in [-0.2, -0.15) is 0 Å². The van der Waals surface area contributed by atoms with Crippen molar-refractivity contribution in [2.24, 2.45) is 0 Å². The molecular formula is C9H13IO4. The van der Waals surface area contributed by atoms with Gasteiger partial charge < -0.3 is 14.6 Å². The van der Waals surface area contributed by atoms with E-state index in [1.807, 2.05) is 0 Å². The molecule has 0 aromatic rings. The number of aliphatic hydroxyl groups is 1. The summed E-state index contributed by atoms with van der Waals surface area (Å²) in [7, 11) is 0. The van der Waals surface area contributed by atoms with Crippen LogP contribution in [0, 0.1) is 0 Å². The van der Waals surface area contributed by atoms with Crippen LogP contribution in [0.1, 0.15) is 13.8 Å². The van der Waals surface area contributed by atoms with Gasteiger partial charge in [-0.15, -0.1) is 0 Å². The van der Waals surface area contributed by atoms with E-state index < -0.39 is 18.4 Å². The van der Waals surface area contributed by atoms with Gasteiger partial charge in [-0.05, 0) is 19.4 Å². The lowest BCUT2D eigenvalue weighted by Crippen LogP contribution is -2.32. The number of hydrogen-bond acceptors (Lipinski definition) is 4. The summed E-state index contributed by atoms with van der Waals surface area (Å²) < 4.78 is 10.0. The molecule has 14 heavy (non-hydrogen) atoms. The van der Waals surface area contributed by atoms with Crippen LogP contribution in [-0.2, 0) is 14.3 Å². The summed E-state index contributed by atoms with van der Waals surface area (Å²) in [5.74, 6) is -0.419. The number of hydrogen-bond donors (Lipinski definition) is 1. The quantitative estimate of drug-likeness (QED) is 0.278. The first-order chi connectivity index (χ1) is 6.43. The van der Waals surface area contributed by atoms with E-state index >= 15 is 0 Å². The molecule has 1 saturated heterocycles. The lowest BCUT2D eigenvalue weighted by molar-refractivity contribution is -0.161. The van der Waals surface area contributed by atoms with Crippen molar-refractivity contribution in [2.45, 2.75) is 36.3 Å². The Morgan fingerprint density at radius 1 is 1.79 bits per heavy atom. The number of carbonyl (C=O) groups is 1. The molecule has 5 heteroatoms. The molecule has 0 spiro atoms. The first-order valence-corrected chi connectivity index (χ1v) is 5.51. The maximum absolute atomic E-state index is 11.3. The van der Waals surface area contributed by atoms with Crippen molar-refractivity contribution in [3.63, 3.8) is 0 Å². The zero-order valence-corrected chi connectivity index (χ0v) is 10.2. The largest absolute Gasteiger partial charge is 0.459 e. The number of rotatable bonds is 3. The van der Waals surface area contributed by atoms with Crippen molar-refractivity contribution in [3.05, 3.63) is 12.2 Å². The van der Waals surface area contributed by atoms with E-state index in [0.717, 1.165) is 0 Å². The minimum atomic E-state index is -1.10. The molecule has 1 rings (SSSR count). The fourth-order valence-corrected chi connectivity index (χ4v) is 1.69. The molecule has 1 fully saturated rings. The Bertz CT molecular complexity index is 253. The van der Waals surface area contributed by atoms with Gasteiger partial charge in [0.2, 0.25) is 0 Å². The van der Waals surface area contributed by atoms with Gasteiger partial charge in [0.15, 0.2) is 12.4 Å². The molecule has 0 radical (unpaired) electrons. The Balaban J connectivity index is 2.60. The van der Waals surface area contributed by atoms with E-state index in [4.69, 9.17) is 9.47 Å². The van der Waals surface area contributed by atoms with Gasteiger partial charge in [-0.3, -0.25) is 0 Å². The highest BCUT2D eigenvalue weighted by atomic mass is 127. The Labute approximate surface area is 96.4 Å². The zero-order valence-electron chi connectivity index (χ0n) is 8.07. The maximum atomic E-state index is 11.3. The average Bonchev–Trinajstić information content (AvgIpc) is 2.32. The Hall–Kier alpha value is -0.140. The summed E-state index contributed by atoms with van der Waals surface area (Å²) in [5.41, 5.74) is 0.473. The van der Waals surface area contributed by atoms with E-state index in [0.29, 0.717) is 5.57 Å². The minimum absolute atomic E-state index is 0.0749. The van der Waals surface area contributed by atoms with Crippen molar-refractivity contribution in [2.75, 3.05) is 0 Å². The first-order valence-electron chi connectivity index (χ1n) is 4.27. The Morgan fingerprint density at radius 3 is 2.71 bits per heavy atom. The number of cyclic esters (lactones) is 1. The molecule has 0 bridgehead atoms. The third-order valence-corrected chi connectivity index (χ3v) is 3.64. The number of halogens is 1. The number of ether oxygens (including phenoxy) is 2. The molecule has 1 N–H and O–H groups in total. The third-order valence-electron chi connectivity index (χ3n) is 1.97. The van der Waals surface area contributed by atoms with Gasteiger partial charge >= 0.3 is 5.97 Å². The lowest BCUT2D eigenvalue weighted by atomic mass is 10.2. The molecule has 4 unspecified atom stereocenters. The first kappa shape index (κ1) is 11.9. The molecule has 1 heterocycles. The molecule has 0 aromatic heterocycles. The SMILES string of the molecule is C=C(C)C(O)OC1C(=O)OC(C)C1I. The highest BCUT2D eigenvalue weighted by Crippen LogP contribution is 2.26. The topological polar surface area (TPSA) is 55.8 Å². The Morgan fingerprint density at radius 2 is 2.36 bits per heavy atom. The highest BCUT2D eigenvalue weighted by molar-refractivity contribution is 14.1. The van der Waals surface area contributed by atoms with E-state index in [2.05, 4.69) is 29.2 Å². The summed E-state index contributed by atoms with van der Waals surface area (Å²) in [6.07, 6.45) is -1.97. The van der Waals surface area contributed by atoms with Crippen molar-refractivity contribution in [3.8, 4) is 0 Å². The lowest BCUT2D eigenvalue weighted by Gasteiger charge is -2.17. The fourth-order valence-electron chi connectivity index (χ4n) is 1.08. The zero-order chi connectivity index (χ0) is 10.9. The molecule has 0 amide bonds. The predicted molar refractivity (Wildman–Crippen MR) is 59.1 cm³/mol. The molecule has 1 aliphatic rings. The van der Waals surface area contributed by atoms with Crippen LogP contribution in [0.5, 0.6) is 0 Å². The summed E-state index contributed by atoms with van der Waals surface area (Å²) >= 11 is 2.08. The molecule has 4 atom stereocenters. The second-order valence-electron chi connectivity index (χ2n) is 3.34. The van der Waals surface area contributed by atoms with Crippen molar-refractivity contribution in [1.82, 2.24) is 0 Å². The third kappa shape index (κ3) is 2.46. The van der Waals surface area contributed by atoms with Crippen molar-refractivity contribution >= 4 is 28.6 Å².